The summed E-state index contributed by atoms with van der Waals surface area (Å²) >= 11 is 0. The lowest BCUT2D eigenvalue weighted by atomic mass is 9.82. The number of rotatable bonds is 3. The van der Waals surface area contributed by atoms with E-state index in [0.717, 1.165) is 37.7 Å². The first-order chi connectivity index (χ1) is 12.3. The molecule has 1 aliphatic carbocycles. The molecule has 4 nitrogen and oxygen atoms in total. The molecule has 0 bridgehead atoms. The average Bonchev–Trinajstić information content (AvgIpc) is 3.12. The van der Waals surface area contributed by atoms with Crippen molar-refractivity contribution in [1.82, 2.24) is 14.8 Å². The zero-order valence-electron chi connectivity index (χ0n) is 14.3. The van der Waals surface area contributed by atoms with Gasteiger partial charge in [0, 0.05) is 0 Å². The Morgan fingerprint density at radius 3 is 2.40 bits per heavy atom. The largest absolute Gasteiger partial charge is 0.383 e. The number of nitrogens with zero attached hydrogens (tertiary/aromatic N) is 3. The van der Waals surface area contributed by atoms with Crippen LogP contribution in [0.5, 0.6) is 0 Å². The minimum atomic E-state index is -0.903. The van der Waals surface area contributed by atoms with Gasteiger partial charge < -0.3 is 5.11 Å². The Kier molecular flexibility index (Phi) is 4.36. The Morgan fingerprint density at radius 2 is 1.68 bits per heavy atom. The van der Waals surface area contributed by atoms with Crippen molar-refractivity contribution in [1.29, 1.82) is 0 Å². The molecular formula is C21H23N3O. The third-order valence-electron chi connectivity index (χ3n) is 5.33. The van der Waals surface area contributed by atoms with Crippen LogP contribution in [0.3, 0.4) is 0 Å². The van der Waals surface area contributed by atoms with Crippen LogP contribution in [0.15, 0.2) is 67.3 Å². The van der Waals surface area contributed by atoms with Gasteiger partial charge in [-0.05, 0) is 29.5 Å². The Balaban J connectivity index is 1.70. The van der Waals surface area contributed by atoms with E-state index in [1.807, 2.05) is 22.9 Å². The van der Waals surface area contributed by atoms with Crippen LogP contribution in [-0.4, -0.2) is 19.9 Å². The summed E-state index contributed by atoms with van der Waals surface area (Å²) in [7, 11) is 0. The fourth-order valence-electron chi connectivity index (χ4n) is 3.96. The van der Waals surface area contributed by atoms with Crippen LogP contribution in [-0.2, 0) is 5.60 Å². The van der Waals surface area contributed by atoms with E-state index in [1.54, 1.807) is 12.7 Å². The lowest BCUT2D eigenvalue weighted by Crippen LogP contribution is -2.36. The third-order valence-corrected chi connectivity index (χ3v) is 5.33. The summed E-state index contributed by atoms with van der Waals surface area (Å²) in [6.45, 7) is 0. The molecule has 0 aliphatic heterocycles. The van der Waals surface area contributed by atoms with E-state index in [2.05, 4.69) is 46.5 Å². The monoisotopic (exact) mass is 333 g/mol. The summed E-state index contributed by atoms with van der Waals surface area (Å²) in [6, 6.07) is 18.6. The number of hydrogen-bond donors (Lipinski definition) is 1. The Morgan fingerprint density at radius 1 is 0.920 bits per heavy atom. The Bertz CT molecular complexity index is 799. The zero-order chi connectivity index (χ0) is 17.1. The highest BCUT2D eigenvalue weighted by Crippen LogP contribution is 2.43. The minimum absolute atomic E-state index is 0.0694. The van der Waals surface area contributed by atoms with E-state index in [0.29, 0.717) is 0 Å². The number of aliphatic hydroxyl groups is 1. The van der Waals surface area contributed by atoms with Gasteiger partial charge in [0.25, 0.3) is 0 Å². The first kappa shape index (κ1) is 16.0. The smallest absolute Gasteiger partial charge is 0.137 e. The average molecular weight is 333 g/mol. The predicted octanol–water partition coefficient (Wildman–Crippen LogP) is 4.34. The van der Waals surface area contributed by atoms with E-state index < -0.39 is 5.60 Å². The maximum absolute atomic E-state index is 11.6. The van der Waals surface area contributed by atoms with Crippen molar-refractivity contribution in [2.45, 2.75) is 43.7 Å². The molecule has 2 atom stereocenters. The van der Waals surface area contributed by atoms with Gasteiger partial charge in [0.05, 0.1) is 6.04 Å². The highest BCUT2D eigenvalue weighted by Gasteiger charge is 2.40. The second-order valence-corrected chi connectivity index (χ2v) is 6.86. The van der Waals surface area contributed by atoms with Crippen molar-refractivity contribution in [3.8, 4) is 11.1 Å². The van der Waals surface area contributed by atoms with Crippen molar-refractivity contribution in [3.05, 3.63) is 72.8 Å². The standard InChI is InChI=1S/C21H23N3O/c25-21(14-6-2-5-9-20(21)24-16-22-15-23-24)19-12-10-18(11-13-19)17-7-3-1-4-8-17/h1,3-4,7-8,10-13,15-16,20,25H,2,5-6,9,14H2. The van der Waals surface area contributed by atoms with E-state index in [-0.39, 0.29) is 6.04 Å². The molecule has 4 rings (SSSR count). The normalized spacial score (nSPS) is 24.0. The fraction of sp³-hybridized carbons (Fsp3) is 0.333. The van der Waals surface area contributed by atoms with Gasteiger partial charge in [-0.3, -0.25) is 0 Å². The topological polar surface area (TPSA) is 50.9 Å². The molecule has 0 saturated heterocycles. The molecule has 0 radical (unpaired) electrons. The molecule has 1 aliphatic rings. The van der Waals surface area contributed by atoms with Crippen molar-refractivity contribution in [2.75, 3.05) is 0 Å². The summed E-state index contributed by atoms with van der Waals surface area (Å²) in [6.07, 6.45) is 8.22. The van der Waals surface area contributed by atoms with Gasteiger partial charge in [0.2, 0.25) is 0 Å². The highest BCUT2D eigenvalue weighted by atomic mass is 16.3. The molecule has 0 amide bonds. The van der Waals surface area contributed by atoms with Crippen LogP contribution in [0.25, 0.3) is 11.1 Å². The van der Waals surface area contributed by atoms with E-state index in [4.69, 9.17) is 0 Å². The summed E-state index contributed by atoms with van der Waals surface area (Å²) in [4.78, 5) is 4.08. The van der Waals surface area contributed by atoms with Gasteiger partial charge in [-0.25, -0.2) is 9.67 Å². The summed E-state index contributed by atoms with van der Waals surface area (Å²) in [5, 5.41) is 15.9. The van der Waals surface area contributed by atoms with Crippen molar-refractivity contribution < 1.29 is 5.11 Å². The predicted molar refractivity (Wildman–Crippen MR) is 97.9 cm³/mol. The summed E-state index contributed by atoms with van der Waals surface area (Å²) in [5.41, 5.74) is 2.42. The van der Waals surface area contributed by atoms with E-state index in [1.165, 1.54) is 11.1 Å². The molecule has 1 heterocycles. The molecule has 1 N–H and O–H groups in total. The minimum Gasteiger partial charge on any atom is -0.383 e. The van der Waals surface area contributed by atoms with Gasteiger partial charge in [0.1, 0.15) is 18.3 Å². The van der Waals surface area contributed by atoms with E-state index in [9.17, 15) is 5.11 Å². The maximum atomic E-state index is 11.6. The molecule has 128 valence electrons. The first-order valence-corrected chi connectivity index (χ1v) is 9.00. The van der Waals surface area contributed by atoms with Crippen LogP contribution in [0.1, 0.15) is 43.7 Å². The highest BCUT2D eigenvalue weighted by molar-refractivity contribution is 5.63. The van der Waals surface area contributed by atoms with Crippen LogP contribution >= 0.6 is 0 Å². The summed E-state index contributed by atoms with van der Waals surface area (Å²) in [5.74, 6) is 0. The van der Waals surface area contributed by atoms with Gasteiger partial charge in [-0.1, -0.05) is 73.9 Å². The van der Waals surface area contributed by atoms with Crippen molar-refractivity contribution in [3.63, 3.8) is 0 Å². The maximum Gasteiger partial charge on any atom is 0.137 e. The molecule has 1 fully saturated rings. The van der Waals surface area contributed by atoms with Gasteiger partial charge in [0.15, 0.2) is 0 Å². The van der Waals surface area contributed by atoms with Crippen molar-refractivity contribution in [2.24, 2.45) is 0 Å². The molecule has 1 saturated carbocycles. The quantitative estimate of drug-likeness (QED) is 0.726. The number of hydrogen-bond acceptors (Lipinski definition) is 3. The van der Waals surface area contributed by atoms with Crippen LogP contribution in [0.2, 0.25) is 0 Å². The lowest BCUT2D eigenvalue weighted by Gasteiger charge is -2.35. The van der Waals surface area contributed by atoms with Gasteiger partial charge in [-0.2, -0.15) is 5.10 Å². The van der Waals surface area contributed by atoms with Gasteiger partial charge >= 0.3 is 0 Å². The van der Waals surface area contributed by atoms with Crippen LogP contribution < -0.4 is 0 Å². The van der Waals surface area contributed by atoms with Crippen molar-refractivity contribution >= 4 is 0 Å². The zero-order valence-corrected chi connectivity index (χ0v) is 14.3. The molecule has 0 spiro atoms. The first-order valence-electron chi connectivity index (χ1n) is 9.00. The molecule has 2 aromatic carbocycles. The molecular weight excluding hydrogens is 310 g/mol. The molecule has 1 aromatic heterocycles. The van der Waals surface area contributed by atoms with Gasteiger partial charge in [-0.15, -0.1) is 0 Å². The lowest BCUT2D eigenvalue weighted by molar-refractivity contribution is -0.0286. The number of aromatic nitrogens is 3. The SMILES string of the molecule is OC1(c2ccc(-c3ccccc3)cc2)CCCCCC1n1cncn1. The molecule has 2 unspecified atom stereocenters. The molecule has 3 aromatic rings. The number of benzene rings is 2. The Labute approximate surface area is 148 Å². The molecule has 4 heteroatoms. The van der Waals surface area contributed by atoms with Crippen LogP contribution in [0.4, 0.5) is 0 Å². The fourth-order valence-corrected chi connectivity index (χ4v) is 3.96. The molecule has 25 heavy (non-hydrogen) atoms. The third kappa shape index (κ3) is 3.10. The van der Waals surface area contributed by atoms with E-state index >= 15 is 0 Å². The summed E-state index contributed by atoms with van der Waals surface area (Å²) < 4.78 is 1.83. The Hall–Kier alpha value is -2.46. The second-order valence-electron chi connectivity index (χ2n) is 6.86. The second kappa shape index (κ2) is 6.81. The van der Waals surface area contributed by atoms with Crippen LogP contribution in [0, 0.1) is 0 Å².